The lowest BCUT2D eigenvalue weighted by Crippen LogP contribution is -2.24. The number of benzene rings is 2. The van der Waals surface area contributed by atoms with Crippen LogP contribution >= 0.6 is 0 Å². The van der Waals surface area contributed by atoms with Crippen molar-refractivity contribution in [3.8, 4) is 17.2 Å². The van der Waals surface area contributed by atoms with Crippen molar-refractivity contribution in [1.29, 1.82) is 0 Å². The van der Waals surface area contributed by atoms with E-state index in [1.165, 1.54) is 52.6 Å². The number of nitrogens with zero attached hydrogens (tertiary/aromatic N) is 1. The highest BCUT2D eigenvalue weighted by Gasteiger charge is 2.19. The second-order valence-electron chi connectivity index (χ2n) is 6.58. The summed E-state index contributed by atoms with van der Waals surface area (Å²) in [6, 6.07) is 9.10. The van der Waals surface area contributed by atoms with Crippen molar-refractivity contribution >= 4 is 21.8 Å². The first-order valence-electron chi connectivity index (χ1n) is 9.07. The Hall–Kier alpha value is -3.31. The van der Waals surface area contributed by atoms with Crippen LogP contribution in [-0.4, -0.2) is 59.5 Å². The van der Waals surface area contributed by atoms with Crippen LogP contribution in [0.1, 0.15) is 15.9 Å². The molecule has 0 bridgehead atoms. The van der Waals surface area contributed by atoms with E-state index >= 15 is 0 Å². The minimum absolute atomic E-state index is 0.151. The molecule has 0 atom stereocenters. The van der Waals surface area contributed by atoms with Gasteiger partial charge in [0.25, 0.3) is 11.8 Å². The topological polar surface area (TPSA) is 137 Å². The van der Waals surface area contributed by atoms with Gasteiger partial charge in [-0.3, -0.25) is 9.59 Å². The molecule has 0 heterocycles. The summed E-state index contributed by atoms with van der Waals surface area (Å²) in [5.41, 5.74) is 6.06. The third-order valence-electron chi connectivity index (χ3n) is 4.24. The summed E-state index contributed by atoms with van der Waals surface area (Å²) < 4.78 is 41.2. The van der Waals surface area contributed by atoms with Gasteiger partial charge in [-0.25, -0.2) is 12.7 Å². The number of primary amides is 1. The standard InChI is InChI=1S/C20H25N3O7S/c1-23(2)31(26,27)15-7-5-13(6-8-15)11-22-20(25)14-9-16(28-3)19(17(10-14)29-4)30-12-18(21)24/h5-10H,11-12H2,1-4H3,(H2,21,24)(H,22,25). The number of ether oxygens (including phenoxy) is 3. The number of nitrogens with two attached hydrogens (primary N) is 1. The number of carbonyl (C=O) groups excluding carboxylic acids is 2. The Kier molecular flexibility index (Phi) is 7.83. The molecule has 11 heteroatoms. The fourth-order valence-corrected chi connectivity index (χ4v) is 3.47. The molecule has 0 fully saturated rings. The molecule has 3 N–H and O–H groups in total. The van der Waals surface area contributed by atoms with Crippen molar-refractivity contribution in [3.63, 3.8) is 0 Å². The van der Waals surface area contributed by atoms with Gasteiger partial charge in [-0.1, -0.05) is 12.1 Å². The second kappa shape index (κ2) is 10.1. The van der Waals surface area contributed by atoms with Gasteiger partial charge in [-0.2, -0.15) is 0 Å². The summed E-state index contributed by atoms with van der Waals surface area (Å²) in [5.74, 6) is -0.538. The molecule has 0 radical (unpaired) electrons. The first-order chi connectivity index (χ1) is 14.6. The number of sulfonamides is 1. The van der Waals surface area contributed by atoms with Crippen LogP contribution in [0, 0.1) is 0 Å². The lowest BCUT2D eigenvalue weighted by molar-refractivity contribution is -0.120. The first-order valence-corrected chi connectivity index (χ1v) is 10.5. The zero-order chi connectivity index (χ0) is 23.2. The Morgan fingerprint density at radius 1 is 1.03 bits per heavy atom. The first kappa shape index (κ1) is 24.0. The van der Waals surface area contributed by atoms with Crippen LogP contribution < -0.4 is 25.3 Å². The fourth-order valence-electron chi connectivity index (χ4n) is 2.57. The Morgan fingerprint density at radius 2 is 1.58 bits per heavy atom. The maximum atomic E-state index is 12.6. The fraction of sp³-hybridized carbons (Fsp3) is 0.300. The monoisotopic (exact) mass is 451 g/mol. The van der Waals surface area contributed by atoms with Gasteiger partial charge in [-0.05, 0) is 29.8 Å². The molecule has 0 spiro atoms. The summed E-state index contributed by atoms with van der Waals surface area (Å²) in [5, 5.41) is 2.74. The highest BCUT2D eigenvalue weighted by Crippen LogP contribution is 2.38. The SMILES string of the molecule is COc1cc(C(=O)NCc2ccc(S(=O)(=O)N(C)C)cc2)cc(OC)c1OCC(N)=O. The summed E-state index contributed by atoms with van der Waals surface area (Å²) in [6.45, 7) is -0.205. The van der Waals surface area contributed by atoms with Gasteiger partial charge in [0.15, 0.2) is 18.1 Å². The molecule has 0 aliphatic rings. The maximum Gasteiger partial charge on any atom is 0.255 e. The van der Waals surface area contributed by atoms with E-state index in [1.54, 1.807) is 12.1 Å². The summed E-state index contributed by atoms with van der Waals surface area (Å²) in [7, 11) is 2.16. The third-order valence-corrected chi connectivity index (χ3v) is 6.07. The highest BCUT2D eigenvalue weighted by molar-refractivity contribution is 7.89. The Bertz CT molecular complexity index is 1030. The van der Waals surface area contributed by atoms with Crippen LogP contribution in [-0.2, 0) is 21.4 Å². The highest BCUT2D eigenvalue weighted by atomic mass is 32.2. The van der Waals surface area contributed by atoms with Gasteiger partial charge in [-0.15, -0.1) is 0 Å². The van der Waals surface area contributed by atoms with Crippen molar-refractivity contribution < 1.29 is 32.2 Å². The maximum absolute atomic E-state index is 12.6. The van der Waals surface area contributed by atoms with Gasteiger partial charge in [0.1, 0.15) is 0 Å². The van der Waals surface area contributed by atoms with Gasteiger partial charge in [0, 0.05) is 26.2 Å². The van der Waals surface area contributed by atoms with E-state index in [0.29, 0.717) is 5.56 Å². The van der Waals surface area contributed by atoms with E-state index in [0.717, 1.165) is 4.31 Å². The lowest BCUT2D eigenvalue weighted by Gasteiger charge is -2.15. The zero-order valence-corrected chi connectivity index (χ0v) is 18.5. The average Bonchev–Trinajstić information content (AvgIpc) is 2.75. The molecule has 31 heavy (non-hydrogen) atoms. The largest absolute Gasteiger partial charge is 0.493 e. The average molecular weight is 452 g/mol. The number of rotatable bonds is 10. The molecule has 2 amide bonds. The van der Waals surface area contributed by atoms with Crippen molar-refractivity contribution in [1.82, 2.24) is 9.62 Å². The molecular weight excluding hydrogens is 426 g/mol. The molecule has 2 rings (SSSR count). The lowest BCUT2D eigenvalue weighted by atomic mass is 10.1. The van der Waals surface area contributed by atoms with Gasteiger partial charge in [0.05, 0.1) is 19.1 Å². The van der Waals surface area contributed by atoms with Crippen LogP contribution in [0.15, 0.2) is 41.3 Å². The van der Waals surface area contributed by atoms with Crippen molar-refractivity contribution in [2.75, 3.05) is 34.9 Å². The number of carbonyl (C=O) groups is 2. The normalized spacial score (nSPS) is 11.1. The predicted octanol–water partition coefficient (Wildman–Crippen LogP) is 0.748. The molecule has 168 valence electrons. The molecule has 0 saturated carbocycles. The van der Waals surface area contributed by atoms with Gasteiger partial charge >= 0.3 is 0 Å². The van der Waals surface area contributed by atoms with E-state index in [1.807, 2.05) is 0 Å². The van der Waals surface area contributed by atoms with E-state index < -0.39 is 21.8 Å². The van der Waals surface area contributed by atoms with Crippen LogP contribution in [0.2, 0.25) is 0 Å². The van der Waals surface area contributed by atoms with E-state index in [9.17, 15) is 18.0 Å². The number of hydrogen-bond donors (Lipinski definition) is 2. The quantitative estimate of drug-likeness (QED) is 0.544. The van der Waals surface area contributed by atoms with Crippen molar-refractivity contribution in [2.45, 2.75) is 11.4 Å². The molecule has 0 aliphatic carbocycles. The summed E-state index contributed by atoms with van der Waals surface area (Å²) >= 11 is 0. The molecule has 10 nitrogen and oxygen atoms in total. The Morgan fingerprint density at radius 3 is 2.03 bits per heavy atom. The Balaban J connectivity index is 2.16. The van der Waals surface area contributed by atoms with E-state index in [-0.39, 0.29) is 40.9 Å². The smallest absolute Gasteiger partial charge is 0.255 e. The molecule has 0 aromatic heterocycles. The summed E-state index contributed by atoms with van der Waals surface area (Å²) in [6.07, 6.45) is 0. The minimum Gasteiger partial charge on any atom is -0.493 e. The third kappa shape index (κ3) is 5.86. The minimum atomic E-state index is -3.52. The van der Waals surface area contributed by atoms with E-state index in [2.05, 4.69) is 5.32 Å². The Labute approximate surface area is 180 Å². The molecule has 0 saturated heterocycles. The van der Waals surface area contributed by atoms with Crippen molar-refractivity contribution in [3.05, 3.63) is 47.5 Å². The van der Waals surface area contributed by atoms with Crippen LogP contribution in [0.3, 0.4) is 0 Å². The number of nitrogens with one attached hydrogen (secondary N) is 1. The van der Waals surface area contributed by atoms with Gasteiger partial charge < -0.3 is 25.3 Å². The molecular formula is C20H25N3O7S. The molecule has 0 unspecified atom stereocenters. The molecule has 2 aromatic carbocycles. The zero-order valence-electron chi connectivity index (χ0n) is 17.7. The number of amides is 2. The van der Waals surface area contributed by atoms with Gasteiger partial charge in [0.2, 0.25) is 15.8 Å². The van der Waals surface area contributed by atoms with Crippen LogP contribution in [0.4, 0.5) is 0 Å². The summed E-state index contributed by atoms with van der Waals surface area (Å²) in [4.78, 5) is 23.8. The molecule has 0 aliphatic heterocycles. The predicted molar refractivity (Wildman–Crippen MR) is 113 cm³/mol. The van der Waals surface area contributed by atoms with E-state index in [4.69, 9.17) is 19.9 Å². The van der Waals surface area contributed by atoms with Crippen LogP contribution in [0.5, 0.6) is 17.2 Å². The molecule has 2 aromatic rings. The number of hydrogen-bond acceptors (Lipinski definition) is 7. The van der Waals surface area contributed by atoms with Crippen LogP contribution in [0.25, 0.3) is 0 Å². The number of methoxy groups -OCH3 is 2. The van der Waals surface area contributed by atoms with Crippen molar-refractivity contribution in [2.24, 2.45) is 5.73 Å². The second-order valence-corrected chi connectivity index (χ2v) is 8.73.